The summed E-state index contributed by atoms with van der Waals surface area (Å²) in [5.74, 6) is -2.81. The molecule has 0 atom stereocenters. The summed E-state index contributed by atoms with van der Waals surface area (Å²) >= 11 is 0. The van der Waals surface area contributed by atoms with Gasteiger partial charge in [-0.15, -0.1) is 0 Å². The molecule has 3 N–H and O–H groups in total. The predicted molar refractivity (Wildman–Crippen MR) is 182 cm³/mol. The molecule has 7 nitrogen and oxygen atoms in total. The number of fused-ring (bicyclic) bond motifs is 2. The lowest BCUT2D eigenvalue weighted by atomic mass is 9.63. The standard InChI is InChI=1S/C38H25BNO6/c1-19-3-7-21(8-4-19)39-35(41)27-15-11-23-26-14-18-30(38(45)46)34-28(36(42)40-22-9-5-20(2)6-10-22)16-12-24(32(26)34)25-13-17-29(37(43)44)33(27)31(23)25/h3-18H,1-2H3,(H,40,42)(H,43,44)(H,45,46). The second-order valence-corrected chi connectivity index (χ2v) is 11.5. The molecule has 0 fully saturated rings. The van der Waals surface area contributed by atoms with Gasteiger partial charge in [0.15, 0.2) is 0 Å². The molecule has 0 bridgehead atoms. The summed E-state index contributed by atoms with van der Waals surface area (Å²) in [7, 11) is 1.49. The Morgan fingerprint density at radius 2 is 0.913 bits per heavy atom. The lowest BCUT2D eigenvalue weighted by Crippen LogP contribution is -2.24. The van der Waals surface area contributed by atoms with Gasteiger partial charge in [0, 0.05) is 27.6 Å². The number of aromatic carboxylic acids is 2. The highest BCUT2D eigenvalue weighted by Gasteiger charge is 2.26. The van der Waals surface area contributed by atoms with E-state index in [1.54, 1.807) is 48.5 Å². The smallest absolute Gasteiger partial charge is 0.336 e. The Bertz CT molecular complexity index is 2220. The molecule has 0 saturated carbocycles. The first-order chi connectivity index (χ1) is 22.1. The third-order valence-electron chi connectivity index (χ3n) is 8.56. The van der Waals surface area contributed by atoms with Crippen LogP contribution in [0.1, 0.15) is 52.6 Å². The van der Waals surface area contributed by atoms with Crippen molar-refractivity contribution in [1.82, 2.24) is 0 Å². The van der Waals surface area contributed by atoms with Crippen LogP contribution in [-0.2, 0) is 0 Å². The van der Waals surface area contributed by atoms with E-state index >= 15 is 0 Å². The number of carbonyl (C=O) groups is 4. The highest BCUT2D eigenvalue weighted by molar-refractivity contribution is 6.87. The Morgan fingerprint density at radius 1 is 0.500 bits per heavy atom. The van der Waals surface area contributed by atoms with Crippen molar-refractivity contribution in [3.63, 3.8) is 0 Å². The van der Waals surface area contributed by atoms with Gasteiger partial charge in [0.25, 0.3) is 5.91 Å². The van der Waals surface area contributed by atoms with Crippen LogP contribution in [0.25, 0.3) is 43.1 Å². The number of aryl methyl sites for hydroxylation is 2. The number of hydrogen-bond donors (Lipinski definition) is 3. The number of hydrogen-bond acceptors (Lipinski definition) is 4. The lowest BCUT2D eigenvalue weighted by Gasteiger charge is -2.20. The van der Waals surface area contributed by atoms with E-state index in [-0.39, 0.29) is 33.3 Å². The first-order valence-corrected chi connectivity index (χ1v) is 14.6. The molecule has 8 heteroatoms. The number of carboxylic acid groups (broad SMARTS) is 2. The molecule has 0 unspecified atom stereocenters. The number of carboxylic acids is 2. The maximum Gasteiger partial charge on any atom is 0.336 e. The summed E-state index contributed by atoms with van der Waals surface area (Å²) < 4.78 is 0. The van der Waals surface area contributed by atoms with Gasteiger partial charge in [0.05, 0.1) is 11.1 Å². The van der Waals surface area contributed by atoms with Crippen molar-refractivity contribution in [3.8, 4) is 0 Å². The Balaban J connectivity index is 1.51. The monoisotopic (exact) mass is 602 g/mol. The van der Waals surface area contributed by atoms with Gasteiger partial charge in [-0.1, -0.05) is 83.3 Å². The third kappa shape index (κ3) is 4.63. The van der Waals surface area contributed by atoms with Crippen LogP contribution in [0.2, 0.25) is 0 Å². The number of carbonyl (C=O) groups excluding carboxylic acids is 2. The maximum absolute atomic E-state index is 13.7. The zero-order chi connectivity index (χ0) is 32.3. The Labute approximate surface area is 263 Å². The number of nitrogens with one attached hydrogen (secondary N) is 1. The average molecular weight is 602 g/mol. The van der Waals surface area contributed by atoms with Crippen LogP contribution in [0.4, 0.5) is 5.69 Å². The van der Waals surface area contributed by atoms with Crippen LogP contribution in [0.5, 0.6) is 0 Å². The van der Waals surface area contributed by atoms with Gasteiger partial charge in [-0.05, 0) is 76.5 Å². The molecule has 1 amide bonds. The number of rotatable bonds is 7. The highest BCUT2D eigenvalue weighted by atomic mass is 16.4. The lowest BCUT2D eigenvalue weighted by molar-refractivity contribution is 0.0688. The average Bonchev–Trinajstić information content (AvgIpc) is 3.04. The number of amides is 1. The second-order valence-electron chi connectivity index (χ2n) is 11.5. The van der Waals surface area contributed by atoms with E-state index in [4.69, 9.17) is 0 Å². The van der Waals surface area contributed by atoms with Gasteiger partial charge in [-0.25, -0.2) is 9.59 Å². The molecule has 0 aliphatic carbocycles. The summed E-state index contributed by atoms with van der Waals surface area (Å²) in [5, 5.41) is 27.6. The first-order valence-electron chi connectivity index (χ1n) is 14.6. The molecular weight excluding hydrogens is 577 g/mol. The summed E-state index contributed by atoms with van der Waals surface area (Å²) in [6, 6.07) is 27.8. The minimum atomic E-state index is -1.18. The van der Waals surface area contributed by atoms with Gasteiger partial charge < -0.3 is 20.3 Å². The van der Waals surface area contributed by atoms with Crippen LogP contribution in [0.3, 0.4) is 0 Å². The van der Waals surface area contributed by atoms with Crippen molar-refractivity contribution < 1.29 is 29.4 Å². The van der Waals surface area contributed by atoms with Crippen molar-refractivity contribution in [2.75, 3.05) is 5.32 Å². The summed E-state index contributed by atoms with van der Waals surface area (Å²) in [6.07, 6.45) is 0. The van der Waals surface area contributed by atoms with Crippen LogP contribution < -0.4 is 10.8 Å². The Morgan fingerprint density at radius 3 is 1.39 bits per heavy atom. The van der Waals surface area contributed by atoms with Gasteiger partial charge in [-0.2, -0.15) is 0 Å². The molecular formula is C38H25BNO6. The number of anilines is 1. The molecule has 0 spiro atoms. The van der Waals surface area contributed by atoms with E-state index in [0.29, 0.717) is 48.9 Å². The zero-order valence-corrected chi connectivity index (χ0v) is 24.8. The molecule has 7 aromatic carbocycles. The summed E-state index contributed by atoms with van der Waals surface area (Å²) in [6.45, 7) is 3.89. The Kier molecular flexibility index (Phi) is 6.78. The SMILES string of the molecule is Cc1ccc([B]C(=O)c2ccc3c4ccc(C(=O)O)c5c(C(=O)Nc6ccc(C)cc6)ccc(c6ccc(C(=O)O)c2c36)c54)cc1. The summed E-state index contributed by atoms with van der Waals surface area (Å²) in [4.78, 5) is 52.4. The molecule has 0 heterocycles. The molecule has 7 rings (SSSR count). The molecule has 0 aliphatic rings. The van der Waals surface area contributed by atoms with E-state index in [1.165, 1.54) is 19.4 Å². The van der Waals surface area contributed by atoms with Crippen molar-refractivity contribution in [3.05, 3.63) is 130 Å². The van der Waals surface area contributed by atoms with E-state index in [0.717, 1.165) is 11.1 Å². The van der Waals surface area contributed by atoms with Crippen molar-refractivity contribution in [2.45, 2.75) is 13.8 Å². The summed E-state index contributed by atoms with van der Waals surface area (Å²) in [5.41, 5.74) is 3.40. The van der Waals surface area contributed by atoms with E-state index in [2.05, 4.69) is 5.32 Å². The molecule has 221 valence electrons. The normalized spacial score (nSPS) is 11.3. The third-order valence-corrected chi connectivity index (χ3v) is 8.56. The fourth-order valence-electron chi connectivity index (χ4n) is 6.37. The molecule has 1 radical (unpaired) electrons. The largest absolute Gasteiger partial charge is 0.478 e. The Hall–Kier alpha value is -6.02. The molecule has 0 aliphatic heterocycles. The van der Waals surface area contributed by atoms with Gasteiger partial charge >= 0.3 is 11.9 Å². The van der Waals surface area contributed by atoms with Gasteiger partial charge in [0.2, 0.25) is 7.28 Å². The van der Waals surface area contributed by atoms with Crippen LogP contribution in [0, 0.1) is 13.8 Å². The van der Waals surface area contributed by atoms with Gasteiger partial charge in [-0.3, -0.25) is 4.79 Å². The van der Waals surface area contributed by atoms with Crippen LogP contribution in [0.15, 0.2) is 97.1 Å². The van der Waals surface area contributed by atoms with Gasteiger partial charge in [0.1, 0.15) is 5.68 Å². The molecule has 0 saturated heterocycles. The van der Waals surface area contributed by atoms with E-state index < -0.39 is 17.8 Å². The van der Waals surface area contributed by atoms with Crippen LogP contribution in [-0.4, -0.2) is 41.0 Å². The fourth-order valence-corrected chi connectivity index (χ4v) is 6.37. The quantitative estimate of drug-likeness (QED) is 0.101. The molecule has 46 heavy (non-hydrogen) atoms. The van der Waals surface area contributed by atoms with Crippen molar-refractivity contribution >= 4 is 85.0 Å². The maximum atomic E-state index is 13.7. The topological polar surface area (TPSA) is 121 Å². The minimum absolute atomic E-state index is 0.0165. The van der Waals surface area contributed by atoms with E-state index in [1.807, 2.05) is 50.2 Å². The second kappa shape index (κ2) is 10.9. The first kappa shape index (κ1) is 28.7. The predicted octanol–water partition coefficient (Wildman–Crippen LogP) is 7.17. The van der Waals surface area contributed by atoms with Crippen molar-refractivity contribution in [1.29, 1.82) is 0 Å². The zero-order valence-electron chi connectivity index (χ0n) is 24.8. The fraction of sp³-hybridized carbons (Fsp3) is 0.0526. The van der Waals surface area contributed by atoms with E-state index in [9.17, 15) is 29.4 Å². The van der Waals surface area contributed by atoms with Crippen LogP contribution >= 0.6 is 0 Å². The van der Waals surface area contributed by atoms with Crippen molar-refractivity contribution in [2.24, 2.45) is 0 Å². The molecule has 0 aromatic heterocycles. The molecule has 7 aromatic rings. The minimum Gasteiger partial charge on any atom is -0.478 e. The number of benzene rings is 7. The highest BCUT2D eigenvalue weighted by Crippen LogP contribution is 2.44.